The Morgan fingerprint density at radius 1 is 1.19 bits per heavy atom. The number of nitrogens with one attached hydrogen (secondary N) is 1. The van der Waals surface area contributed by atoms with Crippen LogP contribution >= 0.6 is 11.8 Å². The lowest BCUT2D eigenvalue weighted by molar-refractivity contribution is -0.159. The van der Waals surface area contributed by atoms with Crippen molar-refractivity contribution in [2.75, 3.05) is 6.54 Å². The summed E-state index contributed by atoms with van der Waals surface area (Å²) in [5.74, 6) is -1.20. The topological polar surface area (TPSA) is 95.9 Å². The Labute approximate surface area is 194 Å². The highest BCUT2D eigenvalue weighted by molar-refractivity contribution is 8.03. The van der Waals surface area contributed by atoms with Crippen molar-refractivity contribution >= 4 is 29.5 Å². The minimum absolute atomic E-state index is 0.0983. The average Bonchev–Trinajstić information content (AvgIpc) is 2.74. The third kappa shape index (κ3) is 7.10. The van der Waals surface area contributed by atoms with Crippen LogP contribution in [0, 0.1) is 5.92 Å². The first-order valence-corrected chi connectivity index (χ1v) is 12.0. The molecule has 0 aliphatic carbocycles. The van der Waals surface area contributed by atoms with E-state index < -0.39 is 24.0 Å². The van der Waals surface area contributed by atoms with Crippen LogP contribution in [0.25, 0.3) is 0 Å². The first-order chi connectivity index (χ1) is 15.1. The molecule has 0 saturated carbocycles. The number of ether oxygens (including phenoxy) is 1. The molecule has 2 rings (SSSR count). The van der Waals surface area contributed by atoms with E-state index >= 15 is 0 Å². The van der Waals surface area contributed by atoms with Gasteiger partial charge in [0, 0.05) is 5.70 Å². The lowest BCUT2D eigenvalue weighted by Gasteiger charge is -2.34. The van der Waals surface area contributed by atoms with Crippen molar-refractivity contribution in [1.82, 2.24) is 10.2 Å². The lowest BCUT2D eigenvalue weighted by Crippen LogP contribution is -2.53. The van der Waals surface area contributed by atoms with E-state index in [0.717, 1.165) is 11.3 Å². The molecule has 0 aromatic heterocycles. The molecule has 2 amide bonds. The van der Waals surface area contributed by atoms with Gasteiger partial charge in [0.15, 0.2) is 6.10 Å². The third-order valence-corrected chi connectivity index (χ3v) is 6.54. The van der Waals surface area contributed by atoms with Gasteiger partial charge in [0.2, 0.25) is 11.8 Å². The average molecular weight is 463 g/mol. The highest BCUT2D eigenvalue weighted by Crippen LogP contribution is 2.31. The van der Waals surface area contributed by atoms with E-state index in [0.29, 0.717) is 6.42 Å². The fraction of sp³-hybridized carbons (Fsp3) is 0.542. The van der Waals surface area contributed by atoms with Crippen molar-refractivity contribution in [2.45, 2.75) is 71.0 Å². The van der Waals surface area contributed by atoms with Gasteiger partial charge in [-0.2, -0.15) is 0 Å². The molecule has 3 atom stereocenters. The number of nitrogens with zero attached hydrogens (tertiary/aromatic N) is 1. The molecule has 0 radical (unpaired) electrons. The summed E-state index contributed by atoms with van der Waals surface area (Å²) in [7, 11) is 0. The molecule has 0 saturated heterocycles. The maximum absolute atomic E-state index is 13.0. The minimum atomic E-state index is -1.53. The van der Waals surface area contributed by atoms with Gasteiger partial charge in [0.25, 0.3) is 0 Å². The number of hydrogen-bond donors (Lipinski definition) is 2. The molecule has 0 fully saturated rings. The monoisotopic (exact) mass is 462 g/mol. The molecule has 0 bridgehead atoms. The number of carbonyl (C=O) groups is 3. The molecule has 1 heterocycles. The van der Waals surface area contributed by atoms with Gasteiger partial charge in [0.05, 0.1) is 17.4 Å². The van der Waals surface area contributed by atoms with E-state index in [2.05, 4.69) is 5.32 Å². The molecule has 1 aliphatic heterocycles. The molecule has 1 aromatic rings. The van der Waals surface area contributed by atoms with Crippen LogP contribution in [0.2, 0.25) is 0 Å². The molecular weight excluding hydrogens is 428 g/mol. The molecule has 2 N–H and O–H groups in total. The number of amides is 2. The summed E-state index contributed by atoms with van der Waals surface area (Å²) >= 11 is 1.49. The van der Waals surface area contributed by atoms with Crippen molar-refractivity contribution in [3.63, 3.8) is 0 Å². The summed E-state index contributed by atoms with van der Waals surface area (Å²) in [5, 5.41) is 15.1. The van der Waals surface area contributed by atoms with Crippen molar-refractivity contribution in [1.29, 1.82) is 0 Å². The maximum Gasteiger partial charge on any atom is 0.337 e. The van der Waals surface area contributed by atoms with Gasteiger partial charge < -0.3 is 20.1 Å². The molecule has 1 aliphatic rings. The van der Waals surface area contributed by atoms with Crippen molar-refractivity contribution in [3.05, 3.63) is 47.0 Å². The number of aliphatic hydroxyl groups is 1. The van der Waals surface area contributed by atoms with Crippen LogP contribution in [0.3, 0.4) is 0 Å². The van der Waals surface area contributed by atoms with E-state index in [1.807, 2.05) is 56.5 Å². The van der Waals surface area contributed by atoms with Crippen LogP contribution in [-0.2, 0) is 25.5 Å². The number of carbonyl (C=O) groups excluding carboxylic acids is 3. The Hall–Kier alpha value is -2.32. The highest BCUT2D eigenvalue weighted by Gasteiger charge is 2.35. The van der Waals surface area contributed by atoms with Crippen LogP contribution < -0.4 is 5.32 Å². The number of benzene rings is 1. The Morgan fingerprint density at radius 3 is 2.41 bits per heavy atom. The van der Waals surface area contributed by atoms with Crippen molar-refractivity contribution in [3.8, 4) is 0 Å². The van der Waals surface area contributed by atoms with Gasteiger partial charge in [-0.3, -0.25) is 9.59 Å². The number of rotatable bonds is 10. The normalized spacial score (nSPS) is 18.4. The molecule has 176 valence electrons. The molecule has 1 aromatic carbocycles. The van der Waals surface area contributed by atoms with E-state index in [1.165, 1.54) is 16.7 Å². The highest BCUT2D eigenvalue weighted by atomic mass is 32.2. The van der Waals surface area contributed by atoms with E-state index in [1.54, 1.807) is 13.8 Å². The predicted molar refractivity (Wildman–Crippen MR) is 126 cm³/mol. The zero-order chi connectivity index (χ0) is 23.8. The Morgan fingerprint density at radius 2 is 1.84 bits per heavy atom. The summed E-state index contributed by atoms with van der Waals surface area (Å²) in [4.78, 5) is 39.7. The summed E-state index contributed by atoms with van der Waals surface area (Å²) in [6.45, 7) is 9.11. The summed E-state index contributed by atoms with van der Waals surface area (Å²) in [6, 6.07) is 8.39. The predicted octanol–water partition coefficient (Wildman–Crippen LogP) is 2.88. The first kappa shape index (κ1) is 25.9. The van der Waals surface area contributed by atoms with Gasteiger partial charge in [-0.15, -0.1) is 11.8 Å². The van der Waals surface area contributed by atoms with E-state index in [4.69, 9.17) is 4.74 Å². The Kier molecular flexibility index (Phi) is 9.78. The molecule has 0 spiro atoms. The molecule has 7 nitrogen and oxygen atoms in total. The van der Waals surface area contributed by atoms with E-state index in [9.17, 15) is 19.5 Å². The number of allylic oxidation sites excluding steroid dienone is 1. The standard InChI is InChI=1S/C24H34N2O5S/c1-6-18-14-32-22(15(2)3)23(29)26(18)13-20(27)25-19(12-17-10-8-7-9-11-17)21(28)24(30)31-16(4)5/h7-11,14-16,19,21-22,28H,6,12-13H2,1-5H3,(H,25,27)/t19-,21?,22?/m0/s1. The Balaban J connectivity index is 2.17. The largest absolute Gasteiger partial charge is 0.461 e. The smallest absolute Gasteiger partial charge is 0.337 e. The quantitative estimate of drug-likeness (QED) is 0.519. The van der Waals surface area contributed by atoms with Crippen molar-refractivity contribution in [2.24, 2.45) is 5.92 Å². The number of hydrogen-bond acceptors (Lipinski definition) is 6. The van der Waals surface area contributed by atoms with Crippen LogP contribution in [0.15, 0.2) is 41.4 Å². The fourth-order valence-corrected chi connectivity index (χ4v) is 4.59. The maximum atomic E-state index is 13.0. The minimum Gasteiger partial charge on any atom is -0.461 e. The summed E-state index contributed by atoms with van der Waals surface area (Å²) < 4.78 is 5.14. The molecule has 8 heteroatoms. The van der Waals surface area contributed by atoms with Crippen LogP contribution in [-0.4, -0.2) is 57.8 Å². The third-order valence-electron chi connectivity index (χ3n) is 5.10. The zero-order valence-electron chi connectivity index (χ0n) is 19.4. The zero-order valence-corrected chi connectivity index (χ0v) is 20.2. The molecular formula is C24H34N2O5S. The van der Waals surface area contributed by atoms with Crippen molar-refractivity contribution < 1.29 is 24.2 Å². The Bertz CT molecular complexity index is 825. The second-order valence-electron chi connectivity index (χ2n) is 8.48. The van der Waals surface area contributed by atoms with Crippen LogP contribution in [0.1, 0.15) is 46.6 Å². The van der Waals surface area contributed by atoms with Gasteiger partial charge in [-0.25, -0.2) is 4.79 Å². The summed E-state index contributed by atoms with van der Waals surface area (Å²) in [5.41, 5.74) is 1.64. The first-order valence-electron chi connectivity index (χ1n) is 11.0. The number of thioether (sulfide) groups is 1. The molecule has 2 unspecified atom stereocenters. The number of aliphatic hydroxyl groups excluding tert-OH is 1. The van der Waals surface area contributed by atoms with Gasteiger partial charge in [-0.05, 0) is 43.6 Å². The lowest BCUT2D eigenvalue weighted by atomic mass is 10.0. The van der Waals surface area contributed by atoms with Crippen LogP contribution in [0.4, 0.5) is 0 Å². The number of esters is 1. The van der Waals surface area contributed by atoms with Gasteiger partial charge in [-0.1, -0.05) is 51.1 Å². The summed E-state index contributed by atoms with van der Waals surface area (Å²) in [6.07, 6.45) is -1.05. The van der Waals surface area contributed by atoms with E-state index in [-0.39, 0.29) is 36.1 Å². The fourth-order valence-electron chi connectivity index (χ4n) is 3.44. The van der Waals surface area contributed by atoms with Crippen LogP contribution in [0.5, 0.6) is 0 Å². The van der Waals surface area contributed by atoms with Gasteiger partial charge in [0.1, 0.15) is 6.54 Å². The second kappa shape index (κ2) is 12.1. The molecule has 32 heavy (non-hydrogen) atoms. The van der Waals surface area contributed by atoms with Gasteiger partial charge >= 0.3 is 5.97 Å². The SMILES string of the molecule is CCC1=CSC(C(C)C)C(=O)N1CC(=O)N[C@@H](Cc1ccccc1)C(O)C(=O)OC(C)C. The second-order valence-corrected chi connectivity index (χ2v) is 9.50.